The quantitative estimate of drug-likeness (QED) is 0.484. The average molecular weight is 352 g/mol. The Morgan fingerprint density at radius 1 is 1.04 bits per heavy atom. The molecule has 1 heterocycles. The zero-order chi connectivity index (χ0) is 17.9. The number of aliphatic imine (C=N–C) groups is 1. The van der Waals surface area contributed by atoms with Crippen molar-refractivity contribution >= 4 is 11.9 Å². The van der Waals surface area contributed by atoms with Gasteiger partial charge in [0.15, 0.2) is 5.96 Å². The summed E-state index contributed by atoms with van der Waals surface area (Å²) in [5.41, 5.74) is 0. The Balaban J connectivity index is 1.59. The van der Waals surface area contributed by atoms with Crippen molar-refractivity contribution in [2.75, 3.05) is 33.2 Å². The van der Waals surface area contributed by atoms with Gasteiger partial charge in [0.25, 0.3) is 0 Å². The molecule has 2 rings (SSSR count). The van der Waals surface area contributed by atoms with Crippen molar-refractivity contribution in [1.29, 1.82) is 0 Å². The van der Waals surface area contributed by atoms with Crippen LogP contribution in [0.4, 0.5) is 0 Å². The molecule has 0 spiro atoms. The lowest BCUT2D eigenvalue weighted by Gasteiger charge is -2.32. The minimum absolute atomic E-state index is 0.155. The molecule has 6 heteroatoms. The van der Waals surface area contributed by atoms with Crippen LogP contribution in [0.15, 0.2) is 4.99 Å². The molecule has 144 valence electrons. The molecule has 1 saturated carbocycles. The van der Waals surface area contributed by atoms with Gasteiger partial charge in [-0.05, 0) is 38.6 Å². The molecule has 25 heavy (non-hydrogen) atoms. The van der Waals surface area contributed by atoms with Gasteiger partial charge >= 0.3 is 0 Å². The van der Waals surface area contributed by atoms with E-state index >= 15 is 0 Å². The topological polar surface area (TPSA) is 68.8 Å². The minimum Gasteiger partial charge on any atom is -0.356 e. The number of carbonyl (C=O) groups excluding carboxylic acids is 1. The summed E-state index contributed by atoms with van der Waals surface area (Å²) in [6.45, 7) is 6.39. The summed E-state index contributed by atoms with van der Waals surface area (Å²) >= 11 is 0. The van der Waals surface area contributed by atoms with Crippen LogP contribution in [0.3, 0.4) is 0 Å². The fourth-order valence-electron chi connectivity index (χ4n) is 3.85. The van der Waals surface area contributed by atoms with Gasteiger partial charge in [-0.25, -0.2) is 0 Å². The maximum absolute atomic E-state index is 12.1. The minimum atomic E-state index is 0.155. The molecule has 1 aliphatic heterocycles. The van der Waals surface area contributed by atoms with Gasteiger partial charge in [-0.3, -0.25) is 9.79 Å². The van der Waals surface area contributed by atoms with Crippen molar-refractivity contribution in [3.8, 4) is 0 Å². The fourth-order valence-corrected chi connectivity index (χ4v) is 3.85. The molecule has 2 fully saturated rings. The van der Waals surface area contributed by atoms with E-state index < -0.39 is 0 Å². The van der Waals surface area contributed by atoms with E-state index in [9.17, 15) is 4.79 Å². The third-order valence-corrected chi connectivity index (χ3v) is 5.31. The standard InChI is InChI=1S/C19H37N5O/c1-3-13-24-14-10-17(11-15-24)23-19(20-2)21-12-9-18(25)22-16-7-5-4-6-8-16/h16-17H,3-15H2,1-2H3,(H,22,25)(H2,20,21,23). The molecule has 0 atom stereocenters. The summed E-state index contributed by atoms with van der Waals surface area (Å²) in [6.07, 6.45) is 10.1. The summed E-state index contributed by atoms with van der Waals surface area (Å²) in [5, 5.41) is 9.95. The lowest BCUT2D eigenvalue weighted by molar-refractivity contribution is -0.121. The molecule has 1 aliphatic carbocycles. The Bertz CT molecular complexity index is 412. The van der Waals surface area contributed by atoms with Crippen molar-refractivity contribution in [3.63, 3.8) is 0 Å². The van der Waals surface area contributed by atoms with Gasteiger partial charge in [0, 0.05) is 45.2 Å². The van der Waals surface area contributed by atoms with E-state index in [0.29, 0.717) is 25.0 Å². The van der Waals surface area contributed by atoms with Crippen LogP contribution < -0.4 is 16.0 Å². The molecule has 6 nitrogen and oxygen atoms in total. The Kier molecular flexibility index (Phi) is 9.08. The Morgan fingerprint density at radius 3 is 2.36 bits per heavy atom. The van der Waals surface area contributed by atoms with Crippen LogP contribution in [0.1, 0.15) is 64.7 Å². The van der Waals surface area contributed by atoms with Crippen molar-refractivity contribution in [1.82, 2.24) is 20.9 Å². The largest absolute Gasteiger partial charge is 0.356 e. The van der Waals surface area contributed by atoms with Crippen LogP contribution >= 0.6 is 0 Å². The molecule has 0 aromatic heterocycles. The second-order valence-corrected chi connectivity index (χ2v) is 7.41. The number of rotatable bonds is 7. The van der Waals surface area contributed by atoms with E-state index in [1.807, 2.05) is 0 Å². The molecule has 2 aliphatic rings. The molecule has 0 aromatic carbocycles. The first-order valence-electron chi connectivity index (χ1n) is 10.2. The summed E-state index contributed by atoms with van der Waals surface area (Å²) in [5.74, 6) is 0.974. The molecule has 3 N–H and O–H groups in total. The van der Waals surface area contributed by atoms with Crippen LogP contribution in [-0.4, -0.2) is 62.1 Å². The number of hydrogen-bond donors (Lipinski definition) is 3. The monoisotopic (exact) mass is 351 g/mol. The van der Waals surface area contributed by atoms with Crippen molar-refractivity contribution in [3.05, 3.63) is 0 Å². The van der Waals surface area contributed by atoms with E-state index in [4.69, 9.17) is 0 Å². The maximum atomic E-state index is 12.1. The number of hydrogen-bond acceptors (Lipinski definition) is 3. The highest BCUT2D eigenvalue weighted by Gasteiger charge is 2.19. The van der Waals surface area contributed by atoms with Gasteiger partial charge in [0.1, 0.15) is 0 Å². The summed E-state index contributed by atoms with van der Waals surface area (Å²) in [6, 6.07) is 0.877. The number of likely N-dealkylation sites (tertiary alicyclic amines) is 1. The lowest BCUT2D eigenvalue weighted by Crippen LogP contribution is -2.49. The number of carbonyl (C=O) groups is 1. The van der Waals surface area contributed by atoms with Gasteiger partial charge < -0.3 is 20.9 Å². The predicted molar refractivity (Wildman–Crippen MR) is 104 cm³/mol. The number of nitrogens with one attached hydrogen (secondary N) is 3. The van der Waals surface area contributed by atoms with Crippen molar-refractivity contribution in [2.24, 2.45) is 4.99 Å². The Hall–Kier alpha value is -1.30. The molecular weight excluding hydrogens is 314 g/mol. The van der Waals surface area contributed by atoms with Crippen LogP contribution in [-0.2, 0) is 4.79 Å². The Labute approximate surface area is 153 Å². The SMILES string of the molecule is CCCN1CCC(NC(=NC)NCCC(=O)NC2CCCCC2)CC1. The van der Waals surface area contributed by atoms with Crippen LogP contribution in [0, 0.1) is 0 Å². The van der Waals surface area contributed by atoms with Crippen molar-refractivity contribution < 1.29 is 4.79 Å². The van der Waals surface area contributed by atoms with Crippen LogP contribution in [0.2, 0.25) is 0 Å². The first-order valence-corrected chi connectivity index (χ1v) is 10.2. The molecular formula is C19H37N5O. The molecule has 0 unspecified atom stereocenters. The second kappa shape index (κ2) is 11.3. The van der Waals surface area contributed by atoms with Gasteiger partial charge in [0.05, 0.1) is 0 Å². The molecule has 0 radical (unpaired) electrons. The summed E-state index contributed by atoms with van der Waals surface area (Å²) in [4.78, 5) is 18.9. The van der Waals surface area contributed by atoms with E-state index in [1.165, 1.54) is 32.2 Å². The smallest absolute Gasteiger partial charge is 0.221 e. The van der Waals surface area contributed by atoms with Gasteiger partial charge in [-0.1, -0.05) is 26.2 Å². The third-order valence-electron chi connectivity index (χ3n) is 5.31. The van der Waals surface area contributed by atoms with E-state index in [1.54, 1.807) is 7.05 Å². The zero-order valence-corrected chi connectivity index (χ0v) is 16.1. The van der Waals surface area contributed by atoms with Crippen molar-refractivity contribution in [2.45, 2.75) is 76.8 Å². The van der Waals surface area contributed by atoms with E-state index in [2.05, 4.69) is 32.8 Å². The average Bonchev–Trinajstić information content (AvgIpc) is 2.63. The van der Waals surface area contributed by atoms with Crippen LogP contribution in [0.25, 0.3) is 0 Å². The van der Waals surface area contributed by atoms with Gasteiger partial charge in [-0.2, -0.15) is 0 Å². The zero-order valence-electron chi connectivity index (χ0n) is 16.1. The highest BCUT2D eigenvalue weighted by Crippen LogP contribution is 2.17. The van der Waals surface area contributed by atoms with E-state index in [-0.39, 0.29) is 5.91 Å². The molecule has 0 bridgehead atoms. The van der Waals surface area contributed by atoms with Gasteiger partial charge in [0.2, 0.25) is 5.91 Å². The molecule has 1 amide bonds. The Morgan fingerprint density at radius 2 is 1.72 bits per heavy atom. The highest BCUT2D eigenvalue weighted by atomic mass is 16.1. The van der Waals surface area contributed by atoms with Crippen LogP contribution in [0.5, 0.6) is 0 Å². The normalized spacial score (nSPS) is 21.1. The maximum Gasteiger partial charge on any atom is 0.221 e. The van der Waals surface area contributed by atoms with E-state index in [0.717, 1.165) is 44.7 Å². The highest BCUT2D eigenvalue weighted by molar-refractivity contribution is 5.81. The number of nitrogens with zero attached hydrogens (tertiary/aromatic N) is 2. The molecule has 0 aromatic rings. The second-order valence-electron chi connectivity index (χ2n) is 7.41. The number of guanidine groups is 1. The number of amides is 1. The predicted octanol–water partition coefficient (Wildman–Crippen LogP) is 1.86. The first-order chi connectivity index (χ1) is 12.2. The third kappa shape index (κ3) is 7.63. The fraction of sp³-hybridized carbons (Fsp3) is 0.895. The summed E-state index contributed by atoms with van der Waals surface area (Å²) in [7, 11) is 1.80. The summed E-state index contributed by atoms with van der Waals surface area (Å²) < 4.78 is 0. The van der Waals surface area contributed by atoms with Gasteiger partial charge in [-0.15, -0.1) is 0 Å². The first kappa shape index (κ1) is 20.0. The number of piperidine rings is 1. The lowest BCUT2D eigenvalue weighted by atomic mass is 9.95. The molecule has 1 saturated heterocycles.